The average Bonchev–Trinajstić information content (AvgIpc) is 3.46. The number of thiophene rings is 1. The number of anilines is 2. The van der Waals surface area contributed by atoms with Crippen LogP contribution in [0.3, 0.4) is 0 Å². The molecule has 0 saturated carbocycles. The zero-order valence-corrected chi connectivity index (χ0v) is 19.5. The highest BCUT2D eigenvalue weighted by Gasteiger charge is 2.23. The number of aromatic nitrogens is 2. The second kappa shape index (κ2) is 8.02. The van der Waals surface area contributed by atoms with Gasteiger partial charge in [0.15, 0.2) is 0 Å². The van der Waals surface area contributed by atoms with E-state index in [9.17, 15) is 13.2 Å². The predicted molar refractivity (Wildman–Crippen MR) is 133 cm³/mol. The minimum Gasteiger partial charge on any atom is -0.339 e. The van der Waals surface area contributed by atoms with Crippen LogP contribution in [0.2, 0.25) is 0 Å². The number of H-pyrrole nitrogens is 1. The molecule has 0 aliphatic heterocycles. The maximum Gasteiger partial charge on any atom is 0.273 e. The number of aromatic amines is 1. The van der Waals surface area contributed by atoms with Crippen LogP contribution < -0.4 is 9.62 Å². The summed E-state index contributed by atoms with van der Waals surface area (Å²) in [7, 11) is -2.09. The van der Waals surface area contributed by atoms with E-state index in [0.717, 1.165) is 27.4 Å². The number of amides is 1. The highest BCUT2D eigenvalue weighted by molar-refractivity contribution is 7.94. The Bertz CT molecular complexity index is 1610. The topological polar surface area (TPSA) is 95.2 Å². The van der Waals surface area contributed by atoms with Crippen molar-refractivity contribution in [1.82, 2.24) is 9.97 Å². The Morgan fingerprint density at radius 1 is 1.09 bits per heavy atom. The van der Waals surface area contributed by atoms with Crippen LogP contribution in [0.15, 0.2) is 76.4 Å². The monoisotopic (exact) mass is 476 g/mol. The highest BCUT2D eigenvalue weighted by Crippen LogP contribution is 2.36. The summed E-state index contributed by atoms with van der Waals surface area (Å²) < 4.78 is 27.6. The molecular formula is C24H20N4O3S2. The Morgan fingerprint density at radius 3 is 2.70 bits per heavy atom. The molecular weight excluding hydrogens is 456 g/mol. The molecule has 0 aliphatic rings. The van der Waals surface area contributed by atoms with Gasteiger partial charge in [-0.3, -0.25) is 9.10 Å². The molecule has 0 radical (unpaired) electrons. The Hall–Kier alpha value is -3.69. The van der Waals surface area contributed by atoms with Crippen LogP contribution in [0.1, 0.15) is 6.92 Å². The number of fused-ring (bicyclic) bond motifs is 3. The van der Waals surface area contributed by atoms with Gasteiger partial charge in [0.25, 0.3) is 10.0 Å². The Labute approximate surface area is 194 Å². The molecule has 2 N–H and O–H groups in total. The molecule has 0 saturated heterocycles. The first-order valence-corrected chi connectivity index (χ1v) is 12.5. The van der Waals surface area contributed by atoms with Crippen molar-refractivity contribution in [1.29, 1.82) is 0 Å². The summed E-state index contributed by atoms with van der Waals surface area (Å²) in [5.74, 6) is -0.140. The van der Waals surface area contributed by atoms with Gasteiger partial charge >= 0.3 is 0 Å². The molecule has 7 nitrogen and oxygen atoms in total. The Kier molecular flexibility index (Phi) is 5.15. The second-order valence-corrected chi connectivity index (χ2v) is 10.7. The zero-order chi connectivity index (χ0) is 23.2. The van der Waals surface area contributed by atoms with Crippen molar-refractivity contribution < 1.29 is 13.2 Å². The van der Waals surface area contributed by atoms with E-state index in [1.807, 2.05) is 42.5 Å². The lowest BCUT2D eigenvalue weighted by Crippen LogP contribution is -2.25. The van der Waals surface area contributed by atoms with Crippen molar-refractivity contribution in [3.63, 3.8) is 0 Å². The molecule has 2 aromatic carbocycles. The zero-order valence-electron chi connectivity index (χ0n) is 17.9. The Balaban J connectivity index is 1.67. The van der Waals surface area contributed by atoms with Crippen LogP contribution in [0.4, 0.5) is 11.4 Å². The quantitative estimate of drug-likeness (QED) is 0.363. The van der Waals surface area contributed by atoms with Gasteiger partial charge in [-0.1, -0.05) is 18.2 Å². The summed E-state index contributed by atoms with van der Waals surface area (Å²) in [6.45, 7) is 1.47. The summed E-state index contributed by atoms with van der Waals surface area (Å²) in [4.78, 5) is 19.3. The van der Waals surface area contributed by atoms with E-state index in [1.54, 1.807) is 36.8 Å². The maximum atomic E-state index is 13.0. The van der Waals surface area contributed by atoms with E-state index in [0.29, 0.717) is 21.2 Å². The first kappa shape index (κ1) is 21.2. The molecule has 0 aliphatic carbocycles. The van der Waals surface area contributed by atoms with Gasteiger partial charge < -0.3 is 10.3 Å². The van der Waals surface area contributed by atoms with Gasteiger partial charge in [0, 0.05) is 42.1 Å². The molecule has 9 heteroatoms. The SMILES string of the molecule is CC(=O)Nc1cccc(-c2ccnc3[nH]c4ccc(N(C)S(=O)(=O)c5cccs5)cc4c23)c1. The van der Waals surface area contributed by atoms with Crippen molar-refractivity contribution in [3.05, 3.63) is 72.2 Å². The van der Waals surface area contributed by atoms with Crippen LogP contribution in [-0.4, -0.2) is 31.3 Å². The smallest absolute Gasteiger partial charge is 0.273 e. The highest BCUT2D eigenvalue weighted by atomic mass is 32.2. The number of rotatable bonds is 5. The van der Waals surface area contributed by atoms with Gasteiger partial charge in [0.1, 0.15) is 9.86 Å². The average molecular weight is 477 g/mol. The van der Waals surface area contributed by atoms with Crippen molar-refractivity contribution in [3.8, 4) is 11.1 Å². The number of nitrogens with zero attached hydrogens (tertiary/aromatic N) is 2. The second-order valence-electron chi connectivity index (χ2n) is 7.60. The number of hydrogen-bond donors (Lipinski definition) is 2. The lowest BCUT2D eigenvalue weighted by molar-refractivity contribution is -0.114. The third-order valence-electron chi connectivity index (χ3n) is 5.44. The van der Waals surface area contributed by atoms with E-state index < -0.39 is 10.0 Å². The number of sulfonamides is 1. The molecule has 3 aromatic heterocycles. The van der Waals surface area contributed by atoms with Gasteiger partial charge in [-0.2, -0.15) is 0 Å². The van der Waals surface area contributed by atoms with E-state index >= 15 is 0 Å². The molecule has 1 amide bonds. The van der Waals surface area contributed by atoms with Crippen LogP contribution in [0.25, 0.3) is 33.1 Å². The molecule has 5 rings (SSSR count). The molecule has 0 spiro atoms. The fraction of sp³-hybridized carbons (Fsp3) is 0.0833. The summed E-state index contributed by atoms with van der Waals surface area (Å²) in [6, 6.07) is 18.3. The van der Waals surface area contributed by atoms with Crippen LogP contribution in [-0.2, 0) is 14.8 Å². The molecule has 0 fully saturated rings. The summed E-state index contributed by atoms with van der Waals surface area (Å²) in [6.07, 6.45) is 1.73. The molecule has 0 bridgehead atoms. The molecule has 3 heterocycles. The molecule has 33 heavy (non-hydrogen) atoms. The number of carbonyl (C=O) groups is 1. The number of carbonyl (C=O) groups excluding carboxylic acids is 1. The van der Waals surface area contributed by atoms with Crippen LogP contribution in [0, 0.1) is 0 Å². The largest absolute Gasteiger partial charge is 0.339 e. The first-order chi connectivity index (χ1) is 15.8. The van der Waals surface area contributed by atoms with E-state index in [2.05, 4.69) is 15.3 Å². The number of benzene rings is 2. The summed E-state index contributed by atoms with van der Waals surface area (Å²) in [5.41, 5.74) is 4.66. The summed E-state index contributed by atoms with van der Waals surface area (Å²) >= 11 is 1.19. The van der Waals surface area contributed by atoms with Crippen molar-refractivity contribution in [2.45, 2.75) is 11.1 Å². The first-order valence-electron chi connectivity index (χ1n) is 10.2. The summed E-state index contributed by atoms with van der Waals surface area (Å²) in [5, 5.41) is 6.31. The minimum atomic E-state index is -3.65. The minimum absolute atomic E-state index is 0.140. The standard InChI is InChI=1S/C24H20N4O3S2/c1-15(29)26-17-6-3-5-16(13-17)19-10-11-25-24-23(19)20-14-18(8-9-21(20)27-24)28(2)33(30,31)22-7-4-12-32-22/h3-14H,1-2H3,(H,25,27)(H,26,29). The van der Waals surface area contributed by atoms with Gasteiger partial charge in [-0.15, -0.1) is 11.3 Å². The van der Waals surface area contributed by atoms with Crippen LogP contribution >= 0.6 is 11.3 Å². The molecule has 0 atom stereocenters. The van der Waals surface area contributed by atoms with Crippen molar-refractivity contribution in [2.24, 2.45) is 0 Å². The fourth-order valence-electron chi connectivity index (χ4n) is 3.89. The molecule has 5 aromatic rings. The van der Waals surface area contributed by atoms with E-state index in [4.69, 9.17) is 0 Å². The number of hydrogen-bond acceptors (Lipinski definition) is 5. The number of nitrogens with one attached hydrogen (secondary N) is 2. The van der Waals surface area contributed by atoms with Gasteiger partial charge in [-0.25, -0.2) is 13.4 Å². The van der Waals surface area contributed by atoms with Crippen molar-refractivity contribution in [2.75, 3.05) is 16.7 Å². The van der Waals surface area contributed by atoms with E-state index in [1.165, 1.54) is 22.6 Å². The number of pyridine rings is 1. The maximum absolute atomic E-state index is 13.0. The lowest BCUT2D eigenvalue weighted by atomic mass is 10.0. The third kappa shape index (κ3) is 3.75. The lowest BCUT2D eigenvalue weighted by Gasteiger charge is -2.18. The normalized spacial score (nSPS) is 11.7. The van der Waals surface area contributed by atoms with Gasteiger partial charge in [-0.05, 0) is 59.0 Å². The van der Waals surface area contributed by atoms with Crippen molar-refractivity contribution >= 4 is 60.6 Å². The van der Waals surface area contributed by atoms with E-state index in [-0.39, 0.29) is 5.91 Å². The molecule has 166 valence electrons. The van der Waals surface area contributed by atoms with Gasteiger partial charge in [0.2, 0.25) is 5.91 Å². The fourth-order valence-corrected chi connectivity index (χ4v) is 6.24. The Morgan fingerprint density at radius 2 is 1.94 bits per heavy atom. The molecule has 0 unspecified atom stereocenters. The predicted octanol–water partition coefficient (Wildman–Crippen LogP) is 5.23. The van der Waals surface area contributed by atoms with Crippen LogP contribution in [0.5, 0.6) is 0 Å². The third-order valence-corrected chi connectivity index (χ3v) is 8.60. The van der Waals surface area contributed by atoms with Gasteiger partial charge in [0.05, 0.1) is 5.69 Å².